The van der Waals surface area contributed by atoms with Crippen LogP contribution in [-0.2, 0) is 22.4 Å². The Kier molecular flexibility index (Phi) is 5.36. The van der Waals surface area contributed by atoms with E-state index in [4.69, 9.17) is 14.2 Å². The van der Waals surface area contributed by atoms with Gasteiger partial charge in [-0.2, -0.15) is 4.98 Å². The van der Waals surface area contributed by atoms with Crippen LogP contribution in [0.15, 0.2) is 54.0 Å². The van der Waals surface area contributed by atoms with E-state index in [-0.39, 0.29) is 11.8 Å². The maximum atomic E-state index is 12.6. The first-order chi connectivity index (χ1) is 15.2. The lowest BCUT2D eigenvalue weighted by molar-refractivity contribution is -0.102. The summed E-state index contributed by atoms with van der Waals surface area (Å²) in [6.45, 7) is 6.27. The van der Waals surface area contributed by atoms with Gasteiger partial charge >= 0.3 is 5.69 Å². The van der Waals surface area contributed by atoms with Crippen LogP contribution >= 0.6 is 0 Å². The van der Waals surface area contributed by atoms with Gasteiger partial charge in [0.15, 0.2) is 0 Å². The molecule has 1 unspecified atom stereocenters. The van der Waals surface area contributed by atoms with Gasteiger partial charge in [0, 0.05) is 29.9 Å². The molecule has 4 heterocycles. The number of aromatic nitrogens is 3. The molecule has 0 bridgehead atoms. The Morgan fingerprint density at radius 1 is 1.19 bits per heavy atom. The van der Waals surface area contributed by atoms with Gasteiger partial charge in [0.05, 0.1) is 31.2 Å². The SMILES string of the molecule is C=Cc1ccc(-c2ccc3c(c2)CCn2c-3cc(OCC3COCCO3)nc2=O)cn1. The van der Waals surface area contributed by atoms with Gasteiger partial charge in [-0.25, -0.2) is 4.79 Å². The molecule has 7 heteroatoms. The van der Waals surface area contributed by atoms with Crippen LogP contribution in [0.2, 0.25) is 0 Å². The lowest BCUT2D eigenvalue weighted by Crippen LogP contribution is -2.34. The molecule has 158 valence electrons. The molecule has 0 amide bonds. The molecule has 31 heavy (non-hydrogen) atoms. The largest absolute Gasteiger partial charge is 0.475 e. The summed E-state index contributed by atoms with van der Waals surface area (Å²) in [6.07, 6.45) is 4.20. The molecule has 0 aliphatic carbocycles. The molecule has 0 radical (unpaired) electrons. The van der Waals surface area contributed by atoms with Crippen LogP contribution < -0.4 is 10.4 Å². The second-order valence-electron chi connectivity index (χ2n) is 7.59. The summed E-state index contributed by atoms with van der Waals surface area (Å²) in [5.74, 6) is 0.312. The molecule has 1 aromatic carbocycles. The second kappa shape index (κ2) is 8.45. The van der Waals surface area contributed by atoms with Gasteiger partial charge in [-0.1, -0.05) is 30.8 Å². The first-order valence-electron chi connectivity index (χ1n) is 10.4. The molecule has 5 rings (SSSR count). The summed E-state index contributed by atoms with van der Waals surface area (Å²) in [6, 6.07) is 12.1. The van der Waals surface area contributed by atoms with Crippen molar-refractivity contribution < 1.29 is 14.2 Å². The van der Waals surface area contributed by atoms with E-state index in [1.165, 1.54) is 5.56 Å². The average molecular weight is 417 g/mol. The maximum absolute atomic E-state index is 12.6. The van der Waals surface area contributed by atoms with Crippen molar-refractivity contribution in [3.63, 3.8) is 0 Å². The highest BCUT2D eigenvalue weighted by Crippen LogP contribution is 2.33. The number of rotatable bonds is 5. The van der Waals surface area contributed by atoms with Crippen LogP contribution in [0.5, 0.6) is 5.88 Å². The molecule has 0 saturated carbocycles. The minimum absolute atomic E-state index is 0.148. The zero-order valence-corrected chi connectivity index (χ0v) is 17.1. The topological polar surface area (TPSA) is 75.5 Å². The summed E-state index contributed by atoms with van der Waals surface area (Å²) in [5.41, 5.74) is 5.72. The van der Waals surface area contributed by atoms with Gasteiger partial charge in [0.25, 0.3) is 0 Å². The first-order valence-corrected chi connectivity index (χ1v) is 10.4. The van der Waals surface area contributed by atoms with Crippen molar-refractivity contribution in [3.05, 3.63) is 70.9 Å². The normalized spacial score (nSPS) is 17.5. The minimum Gasteiger partial charge on any atom is -0.475 e. The van der Waals surface area contributed by atoms with Gasteiger partial charge in [-0.3, -0.25) is 9.55 Å². The van der Waals surface area contributed by atoms with Gasteiger partial charge in [0.1, 0.15) is 12.7 Å². The molecule has 2 aliphatic heterocycles. The number of ether oxygens (including phenoxy) is 3. The third-order valence-corrected chi connectivity index (χ3v) is 5.60. The highest BCUT2D eigenvalue weighted by atomic mass is 16.6. The van der Waals surface area contributed by atoms with Crippen molar-refractivity contribution >= 4 is 6.08 Å². The number of fused-ring (bicyclic) bond motifs is 3. The minimum atomic E-state index is -0.299. The van der Waals surface area contributed by atoms with Gasteiger partial charge < -0.3 is 14.2 Å². The summed E-state index contributed by atoms with van der Waals surface area (Å²) in [4.78, 5) is 21.1. The van der Waals surface area contributed by atoms with Crippen LogP contribution in [0.4, 0.5) is 0 Å². The zero-order chi connectivity index (χ0) is 21.2. The number of aryl methyl sites for hydroxylation is 1. The van der Waals surface area contributed by atoms with Crippen LogP contribution in [0.3, 0.4) is 0 Å². The summed E-state index contributed by atoms with van der Waals surface area (Å²) >= 11 is 0. The molecule has 2 aromatic heterocycles. The Balaban J connectivity index is 1.43. The van der Waals surface area contributed by atoms with Gasteiger partial charge in [-0.15, -0.1) is 0 Å². The number of nitrogens with zero attached hydrogens (tertiary/aromatic N) is 3. The Morgan fingerprint density at radius 2 is 2.10 bits per heavy atom. The fourth-order valence-electron chi connectivity index (χ4n) is 3.97. The molecular formula is C24H23N3O4. The quantitative estimate of drug-likeness (QED) is 0.635. The lowest BCUT2D eigenvalue weighted by atomic mass is 9.93. The summed E-state index contributed by atoms with van der Waals surface area (Å²) in [5, 5.41) is 0. The molecule has 0 N–H and O–H groups in total. The van der Waals surface area contributed by atoms with Crippen molar-refractivity contribution in [1.29, 1.82) is 0 Å². The van der Waals surface area contributed by atoms with Crippen LogP contribution in [0.1, 0.15) is 11.3 Å². The molecule has 3 aromatic rings. The molecule has 7 nitrogen and oxygen atoms in total. The molecule has 0 spiro atoms. The molecule has 1 fully saturated rings. The predicted octanol–water partition coefficient (Wildman–Crippen LogP) is 2.97. The van der Waals surface area contributed by atoms with E-state index in [0.29, 0.717) is 38.9 Å². The second-order valence-corrected chi connectivity index (χ2v) is 7.59. The summed E-state index contributed by atoms with van der Waals surface area (Å²) < 4.78 is 18.5. The van der Waals surface area contributed by atoms with E-state index in [1.54, 1.807) is 10.6 Å². The molecular weight excluding hydrogens is 394 g/mol. The van der Waals surface area contributed by atoms with Crippen molar-refractivity contribution in [1.82, 2.24) is 14.5 Å². The highest BCUT2D eigenvalue weighted by molar-refractivity contribution is 5.73. The predicted molar refractivity (Wildman–Crippen MR) is 117 cm³/mol. The first kappa shape index (κ1) is 19.7. The van der Waals surface area contributed by atoms with E-state index in [1.807, 2.05) is 24.4 Å². The standard InChI is InChI=1S/C24H23N3O4/c1-2-19-5-3-18(13-25-19)16-4-6-21-17(11-16)7-8-27-22(21)12-23(26-24(27)28)31-15-20-14-29-9-10-30-20/h2-6,11-13,20H,1,7-10,14-15H2. The monoisotopic (exact) mass is 417 g/mol. The average Bonchev–Trinajstić information content (AvgIpc) is 2.83. The van der Waals surface area contributed by atoms with Crippen LogP contribution in [0.25, 0.3) is 28.5 Å². The number of hydrogen-bond donors (Lipinski definition) is 0. The molecule has 1 saturated heterocycles. The fraction of sp³-hybridized carbons (Fsp3) is 0.292. The third-order valence-electron chi connectivity index (χ3n) is 5.60. The van der Waals surface area contributed by atoms with E-state index >= 15 is 0 Å². The Morgan fingerprint density at radius 3 is 2.87 bits per heavy atom. The highest BCUT2D eigenvalue weighted by Gasteiger charge is 2.21. The van der Waals surface area contributed by atoms with Gasteiger partial charge in [-0.05, 0) is 29.7 Å². The van der Waals surface area contributed by atoms with Crippen LogP contribution in [0, 0.1) is 0 Å². The Hall–Kier alpha value is -3.29. The summed E-state index contributed by atoms with van der Waals surface area (Å²) in [7, 11) is 0. The van der Waals surface area contributed by atoms with Crippen molar-refractivity contribution in [2.75, 3.05) is 26.4 Å². The lowest BCUT2D eigenvalue weighted by Gasteiger charge is -2.24. The maximum Gasteiger partial charge on any atom is 0.351 e. The van der Waals surface area contributed by atoms with E-state index in [2.05, 4.69) is 34.7 Å². The third kappa shape index (κ3) is 4.02. The van der Waals surface area contributed by atoms with Crippen molar-refractivity contribution in [3.8, 4) is 28.3 Å². The zero-order valence-electron chi connectivity index (χ0n) is 17.1. The number of hydrogen-bond acceptors (Lipinski definition) is 6. The van der Waals surface area contributed by atoms with Crippen molar-refractivity contribution in [2.24, 2.45) is 0 Å². The molecule has 1 atom stereocenters. The number of benzene rings is 1. The fourth-order valence-corrected chi connectivity index (χ4v) is 3.97. The Labute approximate surface area is 179 Å². The Bertz CT molecular complexity index is 1160. The van der Waals surface area contributed by atoms with Gasteiger partial charge in [0.2, 0.25) is 5.88 Å². The van der Waals surface area contributed by atoms with E-state index < -0.39 is 0 Å². The molecule has 2 aliphatic rings. The van der Waals surface area contributed by atoms with E-state index in [9.17, 15) is 4.79 Å². The van der Waals surface area contributed by atoms with E-state index in [0.717, 1.165) is 34.5 Å². The van der Waals surface area contributed by atoms with Crippen LogP contribution in [-0.4, -0.2) is 47.1 Å². The van der Waals surface area contributed by atoms with Crippen molar-refractivity contribution in [2.45, 2.75) is 19.1 Å². The smallest absolute Gasteiger partial charge is 0.351 e. The number of pyridine rings is 1.